The molecule has 0 aliphatic heterocycles. The molecule has 0 spiro atoms. The fourth-order valence-corrected chi connectivity index (χ4v) is 0.653. The van der Waals surface area contributed by atoms with E-state index in [4.69, 9.17) is 10.8 Å². The Labute approximate surface area is 51.1 Å². The third kappa shape index (κ3) is 5.82. The van der Waals surface area contributed by atoms with Crippen LogP contribution in [0, 0.1) is 10.8 Å². The molecule has 0 aromatic carbocycles. The van der Waals surface area contributed by atoms with Gasteiger partial charge in [0, 0.05) is 12.1 Å². The summed E-state index contributed by atoms with van der Waals surface area (Å²) in [5, 5.41) is 13.7. The molecular weight excluding hydrogens is 156 g/mol. The highest BCUT2D eigenvalue weighted by Gasteiger charge is 1.88. The van der Waals surface area contributed by atoms with E-state index < -0.39 is 0 Å². The van der Waals surface area contributed by atoms with Crippen LogP contribution in [-0.4, -0.2) is 10.3 Å². The molecule has 0 atom stereocenters. The maximum Gasteiger partial charge on any atom is 0.0795 e. The van der Waals surface area contributed by atoms with Gasteiger partial charge in [-0.1, -0.05) is 0 Å². The zero-order chi connectivity index (χ0) is 5.86. The average molecular weight is 163 g/mol. The molecule has 0 aliphatic rings. The molecule has 0 aliphatic carbocycles. The summed E-state index contributed by atoms with van der Waals surface area (Å²) in [5.41, 5.74) is 0.516. The predicted octanol–water partition coefficient (Wildman–Crippen LogP) is 1.79. The summed E-state index contributed by atoms with van der Waals surface area (Å²) < 4.78 is 0.375. The minimum absolute atomic E-state index is 0.375. The number of rotatable bonds is 2. The molecule has 0 heterocycles. The van der Waals surface area contributed by atoms with Crippen LogP contribution in [0.3, 0.4) is 0 Å². The van der Waals surface area contributed by atoms with E-state index >= 15 is 0 Å². The molecule has 0 aromatic heterocycles. The Bertz CT molecular complexity index is 85.9. The van der Waals surface area contributed by atoms with Crippen molar-refractivity contribution < 1.29 is 0 Å². The standard InChI is InChI=1S/C4H7BrN2/c1-3(6)2-4(5)7/h6-7H,2H2,1H3. The van der Waals surface area contributed by atoms with Crippen molar-refractivity contribution in [1.29, 1.82) is 10.8 Å². The van der Waals surface area contributed by atoms with E-state index in [9.17, 15) is 0 Å². The monoisotopic (exact) mass is 162 g/mol. The minimum Gasteiger partial charge on any atom is -0.310 e. The van der Waals surface area contributed by atoms with Crippen molar-refractivity contribution in [3.8, 4) is 0 Å². The van der Waals surface area contributed by atoms with E-state index in [0.717, 1.165) is 0 Å². The summed E-state index contributed by atoms with van der Waals surface area (Å²) in [6.45, 7) is 1.68. The molecule has 0 radical (unpaired) electrons. The Kier molecular flexibility index (Phi) is 2.83. The Morgan fingerprint density at radius 1 is 1.57 bits per heavy atom. The van der Waals surface area contributed by atoms with Gasteiger partial charge in [-0.15, -0.1) is 0 Å². The smallest absolute Gasteiger partial charge is 0.0795 e. The van der Waals surface area contributed by atoms with Gasteiger partial charge in [0.25, 0.3) is 0 Å². The average Bonchev–Trinajstić information content (AvgIpc) is 1.27. The van der Waals surface area contributed by atoms with Crippen LogP contribution in [0.2, 0.25) is 0 Å². The molecule has 0 saturated carbocycles. The van der Waals surface area contributed by atoms with E-state index in [1.54, 1.807) is 6.92 Å². The fourth-order valence-electron chi connectivity index (χ4n) is 0.233. The van der Waals surface area contributed by atoms with Crippen LogP contribution in [0.25, 0.3) is 0 Å². The molecule has 0 bridgehead atoms. The van der Waals surface area contributed by atoms with E-state index in [1.165, 1.54) is 0 Å². The Balaban J connectivity index is 3.32. The lowest BCUT2D eigenvalue weighted by Gasteiger charge is -1.87. The summed E-state index contributed by atoms with van der Waals surface area (Å²) in [4.78, 5) is 0. The molecule has 40 valence electrons. The van der Waals surface area contributed by atoms with Gasteiger partial charge in [0.1, 0.15) is 0 Å². The van der Waals surface area contributed by atoms with Crippen LogP contribution in [0.5, 0.6) is 0 Å². The molecule has 0 amide bonds. The van der Waals surface area contributed by atoms with Crippen molar-refractivity contribution >= 4 is 26.3 Å². The van der Waals surface area contributed by atoms with E-state index in [0.29, 0.717) is 16.8 Å². The lowest BCUT2D eigenvalue weighted by atomic mass is 10.3. The number of hydrogen-bond acceptors (Lipinski definition) is 2. The van der Waals surface area contributed by atoms with Gasteiger partial charge >= 0.3 is 0 Å². The lowest BCUT2D eigenvalue weighted by molar-refractivity contribution is 1.37. The van der Waals surface area contributed by atoms with Crippen LogP contribution < -0.4 is 0 Å². The third-order valence-corrected chi connectivity index (χ3v) is 0.701. The summed E-state index contributed by atoms with van der Waals surface area (Å²) in [7, 11) is 0. The number of nitrogens with one attached hydrogen (secondary N) is 2. The van der Waals surface area contributed by atoms with E-state index in [1.807, 2.05) is 0 Å². The minimum atomic E-state index is 0.375. The first-order valence-corrected chi connectivity index (χ1v) is 2.69. The van der Waals surface area contributed by atoms with Gasteiger partial charge in [-0.05, 0) is 22.9 Å². The maximum absolute atomic E-state index is 6.85. The fraction of sp³-hybridized carbons (Fsp3) is 0.500. The quantitative estimate of drug-likeness (QED) is 0.583. The van der Waals surface area contributed by atoms with Crippen LogP contribution in [0.1, 0.15) is 13.3 Å². The Hall–Kier alpha value is -0.180. The number of halogens is 1. The zero-order valence-corrected chi connectivity index (χ0v) is 5.67. The van der Waals surface area contributed by atoms with Crippen LogP contribution in [-0.2, 0) is 0 Å². The summed E-state index contributed by atoms with van der Waals surface area (Å²) in [5.74, 6) is 0. The molecule has 0 saturated heterocycles. The first kappa shape index (κ1) is 6.82. The molecule has 0 fully saturated rings. The molecule has 7 heavy (non-hydrogen) atoms. The molecule has 2 nitrogen and oxygen atoms in total. The maximum atomic E-state index is 6.85. The largest absolute Gasteiger partial charge is 0.310 e. The number of hydrogen-bond donors (Lipinski definition) is 2. The first-order valence-electron chi connectivity index (χ1n) is 1.90. The van der Waals surface area contributed by atoms with Crippen molar-refractivity contribution in [1.82, 2.24) is 0 Å². The lowest BCUT2D eigenvalue weighted by Crippen LogP contribution is -1.92. The highest BCUT2D eigenvalue weighted by atomic mass is 79.9. The van der Waals surface area contributed by atoms with Crippen LogP contribution in [0.4, 0.5) is 0 Å². The van der Waals surface area contributed by atoms with Crippen molar-refractivity contribution in [3.63, 3.8) is 0 Å². The van der Waals surface area contributed by atoms with Crippen LogP contribution >= 0.6 is 15.9 Å². The second kappa shape index (κ2) is 2.91. The normalized spacial score (nSPS) is 8.29. The predicted molar refractivity (Wildman–Crippen MR) is 34.7 cm³/mol. The van der Waals surface area contributed by atoms with E-state index in [2.05, 4.69) is 15.9 Å². The highest BCUT2D eigenvalue weighted by Crippen LogP contribution is 1.91. The highest BCUT2D eigenvalue weighted by molar-refractivity contribution is 9.18. The van der Waals surface area contributed by atoms with Gasteiger partial charge in [-0.25, -0.2) is 0 Å². The van der Waals surface area contributed by atoms with Crippen molar-refractivity contribution in [2.75, 3.05) is 0 Å². The Morgan fingerprint density at radius 3 is 2.00 bits per heavy atom. The van der Waals surface area contributed by atoms with Crippen LogP contribution in [0.15, 0.2) is 0 Å². The van der Waals surface area contributed by atoms with Crippen molar-refractivity contribution in [2.45, 2.75) is 13.3 Å². The van der Waals surface area contributed by atoms with Gasteiger partial charge in [0.2, 0.25) is 0 Å². The molecular formula is C4H7BrN2. The van der Waals surface area contributed by atoms with Gasteiger partial charge in [-0.3, -0.25) is 5.41 Å². The Morgan fingerprint density at radius 2 is 2.00 bits per heavy atom. The third-order valence-electron chi connectivity index (χ3n) is 0.420. The second-order valence-electron chi connectivity index (χ2n) is 1.36. The first-order chi connectivity index (χ1) is 3.13. The van der Waals surface area contributed by atoms with Gasteiger partial charge in [0.05, 0.1) is 4.62 Å². The van der Waals surface area contributed by atoms with Crippen molar-refractivity contribution in [3.05, 3.63) is 0 Å². The SMILES string of the molecule is CC(=N)CC(=N)Br. The topological polar surface area (TPSA) is 47.7 Å². The summed E-state index contributed by atoms with van der Waals surface area (Å²) in [6.07, 6.45) is 0.444. The van der Waals surface area contributed by atoms with Crippen molar-refractivity contribution in [2.24, 2.45) is 0 Å². The van der Waals surface area contributed by atoms with Gasteiger partial charge < -0.3 is 5.41 Å². The van der Waals surface area contributed by atoms with Gasteiger partial charge in [0.15, 0.2) is 0 Å². The molecule has 0 aromatic rings. The molecule has 0 unspecified atom stereocenters. The molecule has 2 N–H and O–H groups in total. The van der Waals surface area contributed by atoms with E-state index in [-0.39, 0.29) is 0 Å². The summed E-state index contributed by atoms with van der Waals surface area (Å²) in [6, 6.07) is 0. The molecule has 3 heteroatoms. The van der Waals surface area contributed by atoms with Gasteiger partial charge in [-0.2, -0.15) is 0 Å². The zero-order valence-electron chi connectivity index (χ0n) is 4.09. The summed E-state index contributed by atoms with van der Waals surface area (Å²) >= 11 is 2.92. The molecule has 0 rings (SSSR count). The second-order valence-corrected chi connectivity index (χ2v) is 2.32.